The molecule has 0 aliphatic heterocycles. The van der Waals surface area contributed by atoms with E-state index in [0.717, 1.165) is 18.4 Å². The standard InChI is InChI=1S/C13H18O3/c1-2-3-10-4-6-11(7-5-10)8-9-12(14)13(15)16/h4-7,12,14H,2-3,8-9H2,1H3,(H,15,16). The number of benzene rings is 1. The summed E-state index contributed by atoms with van der Waals surface area (Å²) in [6, 6.07) is 8.12. The summed E-state index contributed by atoms with van der Waals surface area (Å²) >= 11 is 0. The molecule has 0 radical (unpaired) electrons. The maximum atomic E-state index is 10.4. The average molecular weight is 222 g/mol. The number of hydrogen-bond donors (Lipinski definition) is 2. The maximum Gasteiger partial charge on any atom is 0.332 e. The molecule has 0 amide bonds. The predicted molar refractivity (Wildman–Crippen MR) is 62.4 cm³/mol. The van der Waals surface area contributed by atoms with Crippen molar-refractivity contribution in [2.24, 2.45) is 0 Å². The van der Waals surface area contributed by atoms with Gasteiger partial charge >= 0.3 is 5.97 Å². The van der Waals surface area contributed by atoms with E-state index in [1.54, 1.807) is 0 Å². The lowest BCUT2D eigenvalue weighted by molar-refractivity contribution is -0.146. The Kier molecular flexibility index (Phi) is 4.99. The number of hydrogen-bond acceptors (Lipinski definition) is 2. The number of carboxylic acids is 1. The first-order valence-electron chi connectivity index (χ1n) is 5.62. The maximum absolute atomic E-state index is 10.4. The zero-order valence-corrected chi connectivity index (χ0v) is 9.52. The van der Waals surface area contributed by atoms with E-state index in [1.807, 2.05) is 12.1 Å². The highest BCUT2D eigenvalue weighted by Gasteiger charge is 2.12. The van der Waals surface area contributed by atoms with Gasteiger partial charge in [-0.3, -0.25) is 0 Å². The number of rotatable bonds is 6. The summed E-state index contributed by atoms with van der Waals surface area (Å²) in [4.78, 5) is 10.4. The van der Waals surface area contributed by atoms with Crippen LogP contribution < -0.4 is 0 Å². The van der Waals surface area contributed by atoms with E-state index >= 15 is 0 Å². The fourth-order valence-electron chi connectivity index (χ4n) is 1.59. The van der Waals surface area contributed by atoms with Gasteiger partial charge in [0.05, 0.1) is 0 Å². The highest BCUT2D eigenvalue weighted by Crippen LogP contribution is 2.09. The first kappa shape index (κ1) is 12.7. The molecule has 0 saturated carbocycles. The summed E-state index contributed by atoms with van der Waals surface area (Å²) in [5, 5.41) is 17.7. The van der Waals surface area contributed by atoms with Crippen molar-refractivity contribution >= 4 is 5.97 Å². The number of aliphatic hydroxyl groups excluding tert-OH is 1. The number of aliphatic carboxylic acids is 1. The van der Waals surface area contributed by atoms with Crippen LogP contribution in [0.4, 0.5) is 0 Å². The van der Waals surface area contributed by atoms with Crippen molar-refractivity contribution in [1.29, 1.82) is 0 Å². The SMILES string of the molecule is CCCc1ccc(CCC(O)C(=O)O)cc1. The number of carboxylic acid groups (broad SMARTS) is 1. The van der Waals surface area contributed by atoms with Crippen LogP contribution in [0, 0.1) is 0 Å². The van der Waals surface area contributed by atoms with E-state index in [4.69, 9.17) is 10.2 Å². The molecule has 3 nitrogen and oxygen atoms in total. The molecule has 0 fully saturated rings. The summed E-state index contributed by atoms with van der Waals surface area (Å²) in [7, 11) is 0. The van der Waals surface area contributed by atoms with Gasteiger partial charge in [0.25, 0.3) is 0 Å². The van der Waals surface area contributed by atoms with Gasteiger partial charge in [-0.15, -0.1) is 0 Å². The molecule has 1 aromatic carbocycles. The molecule has 2 N–H and O–H groups in total. The Labute approximate surface area is 95.7 Å². The van der Waals surface area contributed by atoms with Crippen LogP contribution in [0.2, 0.25) is 0 Å². The van der Waals surface area contributed by atoms with E-state index in [9.17, 15) is 4.79 Å². The second-order valence-corrected chi connectivity index (χ2v) is 3.96. The number of aliphatic hydroxyl groups is 1. The molecule has 16 heavy (non-hydrogen) atoms. The largest absolute Gasteiger partial charge is 0.479 e. The highest BCUT2D eigenvalue weighted by molar-refractivity contribution is 5.71. The number of aryl methyl sites for hydroxylation is 2. The zero-order chi connectivity index (χ0) is 12.0. The fourth-order valence-corrected chi connectivity index (χ4v) is 1.59. The molecular formula is C13H18O3. The van der Waals surface area contributed by atoms with Gasteiger partial charge in [-0.25, -0.2) is 4.79 Å². The minimum atomic E-state index is -1.25. The third-order valence-corrected chi connectivity index (χ3v) is 2.55. The van der Waals surface area contributed by atoms with Gasteiger partial charge in [0.2, 0.25) is 0 Å². The molecule has 88 valence electrons. The van der Waals surface area contributed by atoms with Crippen LogP contribution in [0.25, 0.3) is 0 Å². The van der Waals surface area contributed by atoms with Crippen LogP contribution in [0.15, 0.2) is 24.3 Å². The topological polar surface area (TPSA) is 57.5 Å². The van der Waals surface area contributed by atoms with Gasteiger partial charge in [-0.1, -0.05) is 37.6 Å². The molecule has 0 spiro atoms. The molecule has 0 bridgehead atoms. The Morgan fingerprint density at radius 1 is 1.19 bits per heavy atom. The first-order chi connectivity index (χ1) is 7.63. The van der Waals surface area contributed by atoms with E-state index in [1.165, 1.54) is 5.56 Å². The monoisotopic (exact) mass is 222 g/mol. The molecule has 1 aromatic rings. The van der Waals surface area contributed by atoms with Gasteiger partial charge in [-0.2, -0.15) is 0 Å². The Morgan fingerprint density at radius 3 is 2.12 bits per heavy atom. The third kappa shape index (κ3) is 4.03. The molecule has 1 unspecified atom stereocenters. The minimum absolute atomic E-state index is 0.266. The second-order valence-electron chi connectivity index (χ2n) is 3.96. The van der Waals surface area contributed by atoms with Crippen LogP contribution in [0.3, 0.4) is 0 Å². The quantitative estimate of drug-likeness (QED) is 0.774. The Morgan fingerprint density at radius 2 is 1.69 bits per heavy atom. The van der Waals surface area contributed by atoms with Crippen LogP contribution in [0.1, 0.15) is 30.9 Å². The Balaban J connectivity index is 2.46. The van der Waals surface area contributed by atoms with Crippen LogP contribution >= 0.6 is 0 Å². The van der Waals surface area contributed by atoms with Gasteiger partial charge < -0.3 is 10.2 Å². The smallest absolute Gasteiger partial charge is 0.332 e. The summed E-state index contributed by atoms with van der Waals surface area (Å²) in [5.41, 5.74) is 2.37. The predicted octanol–water partition coefficient (Wildman–Crippen LogP) is 2.02. The van der Waals surface area contributed by atoms with Crippen LogP contribution in [0.5, 0.6) is 0 Å². The van der Waals surface area contributed by atoms with Gasteiger partial charge in [0.15, 0.2) is 6.10 Å². The van der Waals surface area contributed by atoms with Gasteiger partial charge in [-0.05, 0) is 30.4 Å². The van der Waals surface area contributed by atoms with Crippen molar-refractivity contribution in [3.63, 3.8) is 0 Å². The number of carbonyl (C=O) groups is 1. The fraction of sp³-hybridized carbons (Fsp3) is 0.462. The lowest BCUT2D eigenvalue weighted by Crippen LogP contribution is -2.19. The van der Waals surface area contributed by atoms with Crippen molar-refractivity contribution in [2.75, 3.05) is 0 Å². The van der Waals surface area contributed by atoms with E-state index in [0.29, 0.717) is 6.42 Å². The summed E-state index contributed by atoms with van der Waals surface area (Å²) < 4.78 is 0. The molecule has 1 rings (SSSR count). The molecule has 0 aliphatic carbocycles. The lowest BCUT2D eigenvalue weighted by atomic mass is 10.0. The van der Waals surface area contributed by atoms with Crippen molar-refractivity contribution in [1.82, 2.24) is 0 Å². The van der Waals surface area contributed by atoms with Crippen LogP contribution in [-0.2, 0) is 17.6 Å². The van der Waals surface area contributed by atoms with Crippen molar-refractivity contribution in [3.8, 4) is 0 Å². The lowest BCUT2D eigenvalue weighted by Gasteiger charge is -2.06. The van der Waals surface area contributed by atoms with E-state index in [-0.39, 0.29) is 6.42 Å². The van der Waals surface area contributed by atoms with Crippen molar-refractivity contribution in [2.45, 2.75) is 38.7 Å². The summed E-state index contributed by atoms with van der Waals surface area (Å²) in [6.07, 6.45) is 1.80. The van der Waals surface area contributed by atoms with Gasteiger partial charge in [0.1, 0.15) is 0 Å². The van der Waals surface area contributed by atoms with E-state index in [2.05, 4.69) is 19.1 Å². The normalized spacial score (nSPS) is 12.4. The van der Waals surface area contributed by atoms with Crippen LogP contribution in [-0.4, -0.2) is 22.3 Å². The summed E-state index contributed by atoms with van der Waals surface area (Å²) in [6.45, 7) is 2.14. The van der Waals surface area contributed by atoms with Crippen molar-refractivity contribution in [3.05, 3.63) is 35.4 Å². The molecule has 0 aliphatic rings. The Bertz CT molecular complexity index is 330. The zero-order valence-electron chi connectivity index (χ0n) is 9.52. The summed E-state index contributed by atoms with van der Waals surface area (Å²) in [5.74, 6) is -1.15. The molecule has 3 heteroatoms. The average Bonchev–Trinajstić information content (AvgIpc) is 2.28. The van der Waals surface area contributed by atoms with Crippen molar-refractivity contribution < 1.29 is 15.0 Å². The molecule has 1 atom stereocenters. The molecule has 0 saturated heterocycles. The second kappa shape index (κ2) is 6.28. The minimum Gasteiger partial charge on any atom is -0.479 e. The molecule has 0 heterocycles. The highest BCUT2D eigenvalue weighted by atomic mass is 16.4. The van der Waals surface area contributed by atoms with Gasteiger partial charge in [0, 0.05) is 0 Å². The molecule has 0 aromatic heterocycles. The Hall–Kier alpha value is -1.35. The molecular weight excluding hydrogens is 204 g/mol. The van der Waals surface area contributed by atoms with E-state index < -0.39 is 12.1 Å². The first-order valence-corrected chi connectivity index (χ1v) is 5.62. The third-order valence-electron chi connectivity index (χ3n) is 2.55.